The number of piperidine rings is 1. The topological polar surface area (TPSA) is 67.6 Å². The van der Waals surface area contributed by atoms with E-state index in [1.54, 1.807) is 25.3 Å². The van der Waals surface area contributed by atoms with Gasteiger partial charge in [-0.3, -0.25) is 4.79 Å². The van der Waals surface area contributed by atoms with Crippen LogP contribution in [-0.4, -0.2) is 44.9 Å². The van der Waals surface area contributed by atoms with Crippen molar-refractivity contribution in [3.05, 3.63) is 48.2 Å². The second-order valence-corrected chi connectivity index (χ2v) is 6.86. The van der Waals surface area contributed by atoms with Crippen LogP contribution in [0.5, 0.6) is 11.5 Å². The Morgan fingerprint density at radius 2 is 1.96 bits per heavy atom. The van der Waals surface area contributed by atoms with E-state index in [4.69, 9.17) is 4.74 Å². The van der Waals surface area contributed by atoms with E-state index in [1.165, 1.54) is 4.68 Å². The lowest BCUT2D eigenvalue weighted by atomic mass is 10.1. The molecule has 2 heterocycles. The third-order valence-electron chi connectivity index (χ3n) is 4.97. The molecule has 28 heavy (non-hydrogen) atoms. The van der Waals surface area contributed by atoms with E-state index in [2.05, 4.69) is 5.10 Å². The van der Waals surface area contributed by atoms with E-state index in [0.717, 1.165) is 30.4 Å². The Hall–Kier alpha value is -3.16. The number of rotatable bonds is 3. The van der Waals surface area contributed by atoms with Gasteiger partial charge in [-0.1, -0.05) is 0 Å². The largest absolute Gasteiger partial charge is 0.505 e. The summed E-state index contributed by atoms with van der Waals surface area (Å²) in [4.78, 5) is 13.2. The summed E-state index contributed by atoms with van der Waals surface area (Å²) in [7, 11) is 0. The van der Waals surface area contributed by atoms with Crippen molar-refractivity contribution in [1.29, 1.82) is 0 Å². The van der Waals surface area contributed by atoms with Gasteiger partial charge in [0, 0.05) is 50.4 Å². The summed E-state index contributed by atoms with van der Waals surface area (Å²) in [5.74, 6) is -2.44. The van der Waals surface area contributed by atoms with E-state index < -0.39 is 17.4 Å². The third kappa shape index (κ3) is 3.37. The first-order valence-electron chi connectivity index (χ1n) is 9.00. The fourth-order valence-electron chi connectivity index (χ4n) is 3.45. The summed E-state index contributed by atoms with van der Waals surface area (Å²) in [6.07, 6.45) is 3.17. The summed E-state index contributed by atoms with van der Waals surface area (Å²) < 4.78 is 34.4. The zero-order valence-corrected chi connectivity index (χ0v) is 15.2. The number of benzene rings is 2. The minimum absolute atomic E-state index is 0.0336. The molecule has 1 fully saturated rings. The molecule has 0 aliphatic carbocycles. The molecule has 1 aliphatic rings. The normalized spacial score (nSPS) is 15.2. The van der Waals surface area contributed by atoms with Crippen LogP contribution in [0.25, 0.3) is 16.6 Å². The molecular formula is C20H19F2N3O3. The highest BCUT2D eigenvalue weighted by atomic mass is 19.2. The van der Waals surface area contributed by atoms with Gasteiger partial charge in [-0.15, -0.1) is 0 Å². The highest BCUT2D eigenvalue weighted by molar-refractivity contribution is 5.82. The second-order valence-electron chi connectivity index (χ2n) is 6.86. The molecule has 4 rings (SSSR count). The number of hydrogen-bond acceptors (Lipinski definition) is 4. The lowest BCUT2D eigenvalue weighted by molar-refractivity contribution is -0.130. The number of fused-ring (bicyclic) bond motifs is 1. The van der Waals surface area contributed by atoms with Gasteiger partial charge >= 0.3 is 0 Å². The van der Waals surface area contributed by atoms with Crippen LogP contribution in [0, 0.1) is 11.6 Å². The standard InChI is InChI=1S/C20H19F2N3O3/c1-12(26)24-6-4-15(5-7-24)28-16-2-3-18-13(8-16)11-23-25(18)14-9-17(21)20(22)19(27)10-14/h2-3,8-11,15,27H,4-7H2,1H3. The van der Waals surface area contributed by atoms with Gasteiger partial charge in [-0.25, -0.2) is 9.07 Å². The number of aromatic nitrogens is 2. The number of halogens is 2. The van der Waals surface area contributed by atoms with Gasteiger partial charge in [0.05, 0.1) is 17.4 Å². The molecule has 1 saturated heterocycles. The third-order valence-corrected chi connectivity index (χ3v) is 4.97. The van der Waals surface area contributed by atoms with Crippen LogP contribution in [0.15, 0.2) is 36.5 Å². The quantitative estimate of drug-likeness (QED) is 0.748. The van der Waals surface area contributed by atoms with Crippen molar-refractivity contribution in [3.8, 4) is 17.2 Å². The van der Waals surface area contributed by atoms with Crippen molar-refractivity contribution >= 4 is 16.8 Å². The zero-order chi connectivity index (χ0) is 19.8. The van der Waals surface area contributed by atoms with Crippen molar-refractivity contribution in [1.82, 2.24) is 14.7 Å². The van der Waals surface area contributed by atoms with E-state index in [-0.39, 0.29) is 17.7 Å². The number of amides is 1. The number of carbonyl (C=O) groups excluding carboxylic acids is 1. The van der Waals surface area contributed by atoms with Gasteiger partial charge in [-0.2, -0.15) is 9.49 Å². The Kier molecular flexibility index (Phi) is 4.62. The predicted molar refractivity (Wildman–Crippen MR) is 98.6 cm³/mol. The number of phenols is 1. The average Bonchev–Trinajstić information content (AvgIpc) is 3.09. The zero-order valence-electron chi connectivity index (χ0n) is 15.2. The molecule has 0 bridgehead atoms. The number of aromatic hydroxyl groups is 1. The van der Waals surface area contributed by atoms with E-state index in [1.807, 2.05) is 11.0 Å². The van der Waals surface area contributed by atoms with Crippen LogP contribution < -0.4 is 4.74 Å². The molecule has 0 radical (unpaired) electrons. The molecule has 8 heteroatoms. The molecule has 0 spiro atoms. The number of likely N-dealkylation sites (tertiary alicyclic amines) is 1. The predicted octanol–water partition coefficient (Wildman–Crippen LogP) is 3.40. The van der Waals surface area contributed by atoms with Crippen molar-refractivity contribution in [2.75, 3.05) is 13.1 Å². The molecule has 0 saturated carbocycles. The highest BCUT2D eigenvalue weighted by Crippen LogP contribution is 2.28. The molecule has 1 amide bonds. The molecule has 2 aromatic carbocycles. The van der Waals surface area contributed by atoms with Crippen LogP contribution in [0.3, 0.4) is 0 Å². The first kappa shape index (κ1) is 18.2. The number of nitrogens with zero attached hydrogens (tertiary/aromatic N) is 3. The van der Waals surface area contributed by atoms with Crippen LogP contribution in [0.4, 0.5) is 8.78 Å². The number of phenolic OH excluding ortho intramolecular Hbond substituents is 1. The fourth-order valence-corrected chi connectivity index (χ4v) is 3.45. The molecule has 6 nitrogen and oxygen atoms in total. The lowest BCUT2D eigenvalue weighted by Crippen LogP contribution is -2.40. The maximum Gasteiger partial charge on any atom is 0.219 e. The molecule has 1 aromatic heterocycles. The van der Waals surface area contributed by atoms with Gasteiger partial charge in [0.15, 0.2) is 17.4 Å². The molecule has 146 valence electrons. The van der Waals surface area contributed by atoms with Crippen LogP contribution >= 0.6 is 0 Å². The maximum atomic E-state index is 13.6. The van der Waals surface area contributed by atoms with E-state index in [9.17, 15) is 18.7 Å². The minimum atomic E-state index is -1.29. The SMILES string of the molecule is CC(=O)N1CCC(Oc2ccc3c(cnn3-c3cc(O)c(F)c(F)c3)c2)CC1. The number of hydrogen-bond donors (Lipinski definition) is 1. The Morgan fingerprint density at radius 3 is 2.64 bits per heavy atom. The van der Waals surface area contributed by atoms with Gasteiger partial charge in [0.2, 0.25) is 5.91 Å². The van der Waals surface area contributed by atoms with E-state index >= 15 is 0 Å². The Labute approximate surface area is 159 Å². The van der Waals surface area contributed by atoms with Crippen LogP contribution in [0.1, 0.15) is 19.8 Å². The molecular weight excluding hydrogens is 368 g/mol. The molecule has 1 N–H and O–H groups in total. The van der Waals surface area contributed by atoms with Gasteiger partial charge < -0.3 is 14.7 Å². The highest BCUT2D eigenvalue weighted by Gasteiger charge is 2.22. The summed E-state index contributed by atoms with van der Waals surface area (Å²) >= 11 is 0. The van der Waals surface area contributed by atoms with Gasteiger partial charge in [-0.05, 0) is 18.2 Å². The van der Waals surface area contributed by atoms with Crippen molar-refractivity contribution in [2.24, 2.45) is 0 Å². The van der Waals surface area contributed by atoms with Crippen molar-refractivity contribution in [3.63, 3.8) is 0 Å². The number of carbonyl (C=O) groups is 1. The Bertz CT molecular complexity index is 1020. The van der Waals surface area contributed by atoms with Gasteiger partial charge in [0.1, 0.15) is 11.9 Å². The summed E-state index contributed by atoms with van der Waals surface area (Å²) in [5.41, 5.74) is 0.890. The fraction of sp³-hybridized carbons (Fsp3) is 0.300. The first-order chi connectivity index (χ1) is 13.4. The Morgan fingerprint density at radius 1 is 1.21 bits per heavy atom. The molecule has 3 aromatic rings. The first-order valence-corrected chi connectivity index (χ1v) is 9.00. The van der Waals surface area contributed by atoms with E-state index in [0.29, 0.717) is 24.4 Å². The van der Waals surface area contributed by atoms with Crippen LogP contribution in [-0.2, 0) is 4.79 Å². The summed E-state index contributed by atoms with van der Waals surface area (Å²) in [6, 6.07) is 7.50. The summed E-state index contributed by atoms with van der Waals surface area (Å²) in [6.45, 7) is 2.93. The number of ether oxygens (including phenoxy) is 1. The van der Waals surface area contributed by atoms with Crippen LogP contribution in [0.2, 0.25) is 0 Å². The molecule has 0 atom stereocenters. The summed E-state index contributed by atoms with van der Waals surface area (Å²) in [5, 5.41) is 14.5. The second kappa shape index (κ2) is 7.10. The van der Waals surface area contributed by atoms with Crippen molar-refractivity contribution < 1.29 is 23.4 Å². The minimum Gasteiger partial charge on any atom is -0.505 e. The molecule has 1 aliphatic heterocycles. The Balaban J connectivity index is 1.55. The molecule has 0 unspecified atom stereocenters. The average molecular weight is 387 g/mol. The smallest absolute Gasteiger partial charge is 0.219 e. The maximum absolute atomic E-state index is 13.6. The van der Waals surface area contributed by atoms with Crippen molar-refractivity contribution in [2.45, 2.75) is 25.9 Å². The lowest BCUT2D eigenvalue weighted by Gasteiger charge is -2.31. The monoisotopic (exact) mass is 387 g/mol. The van der Waals surface area contributed by atoms with Gasteiger partial charge in [0.25, 0.3) is 0 Å².